The molecule has 0 bridgehead atoms. The topological polar surface area (TPSA) is 30.2 Å². The molecule has 3 rings (SSSR count). The van der Waals surface area contributed by atoms with Gasteiger partial charge in [0.05, 0.1) is 10.3 Å². The van der Waals surface area contributed by atoms with Crippen LogP contribution in [0.25, 0.3) is 5.65 Å². The number of pyridine rings is 1. The van der Waals surface area contributed by atoms with Crippen molar-refractivity contribution in [2.24, 2.45) is 0 Å². The molecule has 1 fully saturated rings. The monoisotopic (exact) mass is 239 g/mol. The van der Waals surface area contributed by atoms with E-state index < -0.39 is 0 Å². The first-order valence-corrected chi connectivity index (χ1v) is 6.39. The Labute approximate surface area is 96.8 Å². The smallest absolute Gasteiger partial charge is 0.174 e. The van der Waals surface area contributed by atoms with E-state index in [4.69, 9.17) is 11.6 Å². The fourth-order valence-electron chi connectivity index (χ4n) is 1.81. The van der Waals surface area contributed by atoms with Gasteiger partial charge in [0, 0.05) is 6.20 Å². The number of rotatable bonds is 1. The fourth-order valence-corrected chi connectivity index (χ4v) is 3.21. The van der Waals surface area contributed by atoms with Crippen molar-refractivity contribution >= 4 is 29.0 Å². The Balaban J connectivity index is 2.09. The second-order valence-electron chi connectivity index (χ2n) is 3.60. The first kappa shape index (κ1) is 9.48. The molecule has 0 radical (unpaired) electrons. The van der Waals surface area contributed by atoms with Gasteiger partial charge in [-0.3, -0.25) is 0 Å². The largest absolute Gasteiger partial charge is 0.219 e. The van der Waals surface area contributed by atoms with Crippen molar-refractivity contribution in [2.45, 2.75) is 18.1 Å². The highest BCUT2D eigenvalue weighted by molar-refractivity contribution is 7.99. The average Bonchev–Trinajstić information content (AvgIpc) is 2.86. The summed E-state index contributed by atoms with van der Waals surface area (Å²) in [5.74, 6) is 2.14. The molecule has 78 valence electrons. The zero-order valence-electron chi connectivity index (χ0n) is 8.06. The zero-order valence-corrected chi connectivity index (χ0v) is 9.63. The minimum atomic E-state index is 0.459. The van der Waals surface area contributed by atoms with Crippen molar-refractivity contribution in [1.29, 1.82) is 0 Å². The molecule has 0 saturated carbocycles. The molecule has 1 aliphatic heterocycles. The molecule has 15 heavy (non-hydrogen) atoms. The number of hydrogen-bond donors (Lipinski definition) is 0. The van der Waals surface area contributed by atoms with Crippen LogP contribution in [0, 0.1) is 0 Å². The van der Waals surface area contributed by atoms with Gasteiger partial charge in [-0.2, -0.15) is 16.9 Å². The summed E-state index contributed by atoms with van der Waals surface area (Å²) in [6, 6.07) is 3.73. The lowest BCUT2D eigenvalue weighted by molar-refractivity contribution is 0.770. The summed E-state index contributed by atoms with van der Waals surface area (Å²) in [6.45, 7) is 0. The van der Waals surface area contributed by atoms with E-state index in [1.165, 1.54) is 18.6 Å². The number of hydrogen-bond acceptors (Lipinski definition) is 3. The molecule has 2 aromatic heterocycles. The Morgan fingerprint density at radius 1 is 1.53 bits per heavy atom. The van der Waals surface area contributed by atoms with Crippen LogP contribution in [-0.4, -0.2) is 20.4 Å². The Morgan fingerprint density at radius 2 is 2.47 bits per heavy atom. The van der Waals surface area contributed by atoms with Crippen molar-refractivity contribution in [3.63, 3.8) is 0 Å². The van der Waals surface area contributed by atoms with Crippen LogP contribution in [0.2, 0.25) is 5.02 Å². The number of aromatic nitrogens is 3. The number of fused-ring (bicyclic) bond motifs is 1. The molecule has 0 spiro atoms. The molecule has 1 unspecified atom stereocenters. The summed E-state index contributed by atoms with van der Waals surface area (Å²) >= 11 is 7.98. The van der Waals surface area contributed by atoms with Gasteiger partial charge in [-0.25, -0.2) is 9.50 Å². The first-order valence-electron chi connectivity index (χ1n) is 4.97. The van der Waals surface area contributed by atoms with Crippen LogP contribution in [0.4, 0.5) is 0 Å². The standard InChI is InChI=1S/C10H10ClN3S/c11-7-3-1-5-14-10(7)12-9(13-14)8-4-2-6-15-8/h1,3,5,8H,2,4,6H2. The normalized spacial score (nSPS) is 21.3. The van der Waals surface area contributed by atoms with Crippen LogP contribution >= 0.6 is 23.4 Å². The van der Waals surface area contributed by atoms with Gasteiger partial charge in [0.1, 0.15) is 0 Å². The maximum atomic E-state index is 6.05. The predicted molar refractivity (Wildman–Crippen MR) is 62.4 cm³/mol. The summed E-state index contributed by atoms with van der Waals surface area (Å²) < 4.78 is 1.76. The van der Waals surface area contributed by atoms with Gasteiger partial charge in [0.15, 0.2) is 11.5 Å². The average molecular weight is 240 g/mol. The molecule has 0 aliphatic carbocycles. The summed E-state index contributed by atoms with van der Waals surface area (Å²) in [6.07, 6.45) is 4.33. The van der Waals surface area contributed by atoms with Crippen molar-refractivity contribution in [3.8, 4) is 0 Å². The quantitative estimate of drug-likeness (QED) is 0.767. The highest BCUT2D eigenvalue weighted by Crippen LogP contribution is 2.38. The summed E-state index contributed by atoms with van der Waals surface area (Å²) in [7, 11) is 0. The second-order valence-corrected chi connectivity index (χ2v) is 5.31. The van der Waals surface area contributed by atoms with E-state index in [1.807, 2.05) is 30.1 Å². The van der Waals surface area contributed by atoms with Crippen LogP contribution in [0.1, 0.15) is 23.9 Å². The third-order valence-corrected chi connectivity index (χ3v) is 4.22. The highest BCUT2D eigenvalue weighted by atomic mass is 35.5. The second kappa shape index (κ2) is 3.68. The van der Waals surface area contributed by atoms with Crippen molar-refractivity contribution < 1.29 is 0 Å². The van der Waals surface area contributed by atoms with E-state index in [0.717, 1.165) is 11.5 Å². The third-order valence-electron chi connectivity index (χ3n) is 2.55. The SMILES string of the molecule is Clc1cccn2nc(C3CCCS3)nc12. The van der Waals surface area contributed by atoms with Crippen LogP contribution in [0.3, 0.4) is 0 Å². The molecular formula is C10H10ClN3S. The molecule has 1 aliphatic rings. The number of nitrogens with zero attached hydrogens (tertiary/aromatic N) is 3. The number of halogens is 1. The van der Waals surface area contributed by atoms with Crippen molar-refractivity contribution in [2.75, 3.05) is 5.75 Å². The minimum absolute atomic E-state index is 0.459. The molecule has 0 amide bonds. The van der Waals surface area contributed by atoms with Gasteiger partial charge in [-0.1, -0.05) is 11.6 Å². The molecule has 3 nitrogen and oxygen atoms in total. The lowest BCUT2D eigenvalue weighted by atomic mass is 10.2. The number of thioether (sulfide) groups is 1. The van der Waals surface area contributed by atoms with Gasteiger partial charge < -0.3 is 0 Å². The van der Waals surface area contributed by atoms with Gasteiger partial charge in [0.25, 0.3) is 0 Å². The molecule has 3 heterocycles. The maximum absolute atomic E-state index is 6.05. The van der Waals surface area contributed by atoms with E-state index in [-0.39, 0.29) is 0 Å². The highest BCUT2D eigenvalue weighted by Gasteiger charge is 2.22. The zero-order chi connectivity index (χ0) is 10.3. The van der Waals surface area contributed by atoms with E-state index >= 15 is 0 Å². The summed E-state index contributed by atoms with van der Waals surface area (Å²) in [5.41, 5.74) is 0.765. The van der Waals surface area contributed by atoms with Gasteiger partial charge in [-0.15, -0.1) is 0 Å². The Kier molecular flexibility index (Phi) is 2.33. The van der Waals surface area contributed by atoms with Gasteiger partial charge in [0.2, 0.25) is 0 Å². The van der Waals surface area contributed by atoms with Crippen LogP contribution in [-0.2, 0) is 0 Å². The van der Waals surface area contributed by atoms with Gasteiger partial charge >= 0.3 is 0 Å². The van der Waals surface area contributed by atoms with Crippen LogP contribution in [0.5, 0.6) is 0 Å². The molecule has 1 saturated heterocycles. The van der Waals surface area contributed by atoms with Crippen molar-refractivity contribution in [1.82, 2.24) is 14.6 Å². The Hall–Kier alpha value is -0.740. The maximum Gasteiger partial charge on any atom is 0.174 e. The van der Waals surface area contributed by atoms with Crippen LogP contribution < -0.4 is 0 Å². The Morgan fingerprint density at radius 3 is 3.20 bits per heavy atom. The van der Waals surface area contributed by atoms with E-state index in [0.29, 0.717) is 10.3 Å². The first-order chi connectivity index (χ1) is 7.34. The van der Waals surface area contributed by atoms with Crippen LogP contribution in [0.15, 0.2) is 18.3 Å². The lowest BCUT2D eigenvalue weighted by Gasteiger charge is -1.99. The van der Waals surface area contributed by atoms with Crippen molar-refractivity contribution in [3.05, 3.63) is 29.2 Å². The third kappa shape index (κ3) is 1.62. The molecule has 0 aromatic carbocycles. The lowest BCUT2D eigenvalue weighted by Crippen LogP contribution is -1.92. The molecular weight excluding hydrogens is 230 g/mol. The summed E-state index contributed by atoms with van der Waals surface area (Å²) in [4.78, 5) is 4.49. The van der Waals surface area contributed by atoms with E-state index in [1.54, 1.807) is 4.52 Å². The molecule has 1 atom stereocenters. The molecule has 5 heteroatoms. The summed E-state index contributed by atoms with van der Waals surface area (Å²) in [5, 5.41) is 5.58. The van der Waals surface area contributed by atoms with E-state index in [2.05, 4.69) is 10.1 Å². The minimum Gasteiger partial charge on any atom is -0.219 e. The van der Waals surface area contributed by atoms with E-state index in [9.17, 15) is 0 Å². The fraction of sp³-hybridized carbons (Fsp3) is 0.400. The Bertz CT molecular complexity index is 490. The molecule has 2 aromatic rings. The predicted octanol–water partition coefficient (Wildman–Crippen LogP) is 2.95. The molecule has 0 N–H and O–H groups in total. The van der Waals surface area contributed by atoms with Gasteiger partial charge in [-0.05, 0) is 30.7 Å².